The highest BCUT2D eigenvalue weighted by Crippen LogP contribution is 2.51. The molecule has 3 aromatic rings. The van der Waals surface area contributed by atoms with E-state index >= 15 is 0 Å². The molecule has 6 rings (SSSR count). The highest BCUT2D eigenvalue weighted by molar-refractivity contribution is 7.14. The third-order valence-electron chi connectivity index (χ3n) is 6.80. The molecular formula is C20H21N5OS. The Hall–Kier alpha value is -2.25. The molecule has 2 aromatic heterocycles. The number of rotatable bonds is 2. The van der Waals surface area contributed by atoms with Crippen LogP contribution in [0.3, 0.4) is 0 Å². The fourth-order valence-corrected chi connectivity index (χ4v) is 5.93. The molecule has 1 saturated carbocycles. The zero-order valence-corrected chi connectivity index (χ0v) is 16.1. The quantitative estimate of drug-likeness (QED) is 0.743. The number of H-pyrrole nitrogens is 1. The molecule has 0 bridgehead atoms. The number of nitrogens with one attached hydrogen (secondary N) is 1. The third-order valence-corrected chi connectivity index (χ3v) is 7.76. The summed E-state index contributed by atoms with van der Waals surface area (Å²) in [7, 11) is 0. The van der Waals surface area contributed by atoms with Crippen molar-refractivity contribution in [1.29, 1.82) is 0 Å². The van der Waals surface area contributed by atoms with Gasteiger partial charge in [0.05, 0.1) is 11.6 Å². The predicted molar refractivity (Wildman–Crippen MR) is 105 cm³/mol. The highest BCUT2D eigenvalue weighted by atomic mass is 32.1. The van der Waals surface area contributed by atoms with Crippen LogP contribution in [0.5, 0.6) is 0 Å². The number of aromatic amines is 1. The topological polar surface area (TPSA) is 65.1 Å². The van der Waals surface area contributed by atoms with E-state index in [1.165, 1.54) is 24.3 Å². The molecule has 2 saturated heterocycles. The maximum absolute atomic E-state index is 13.3. The maximum Gasteiger partial charge on any atom is 0.275 e. The number of hydrogen-bond acceptors (Lipinski definition) is 5. The molecule has 1 spiro atoms. The average Bonchev–Trinajstić information content (AvgIpc) is 3.23. The molecule has 2 atom stereocenters. The fourth-order valence-electron chi connectivity index (χ4n) is 5.17. The van der Waals surface area contributed by atoms with Crippen LogP contribution < -0.4 is 0 Å². The fraction of sp³-hybridized carbons (Fsp3) is 0.450. The summed E-state index contributed by atoms with van der Waals surface area (Å²) in [6, 6.07) is 6.47. The number of nitrogens with zero attached hydrogens (tertiary/aromatic N) is 4. The van der Waals surface area contributed by atoms with E-state index in [1.807, 2.05) is 24.4 Å². The van der Waals surface area contributed by atoms with Gasteiger partial charge in [-0.15, -0.1) is 11.3 Å². The van der Waals surface area contributed by atoms with Crippen molar-refractivity contribution in [3.8, 4) is 10.6 Å². The SMILES string of the molecule is Cc1cnc(-c2ccc3c(C(=O)N4CCN5CCC56CCC46)n[nH]c3c2)s1. The second-order valence-corrected chi connectivity index (χ2v) is 9.24. The van der Waals surface area contributed by atoms with E-state index in [0.717, 1.165) is 41.0 Å². The smallest absolute Gasteiger partial charge is 0.275 e. The third kappa shape index (κ3) is 2.07. The number of carbonyl (C=O) groups is 1. The molecule has 0 radical (unpaired) electrons. The number of thiazole rings is 1. The number of benzene rings is 1. The van der Waals surface area contributed by atoms with Crippen LogP contribution in [0.15, 0.2) is 24.4 Å². The summed E-state index contributed by atoms with van der Waals surface area (Å²) >= 11 is 1.67. The van der Waals surface area contributed by atoms with Gasteiger partial charge < -0.3 is 4.90 Å². The minimum atomic E-state index is 0.0784. The van der Waals surface area contributed by atoms with Gasteiger partial charge in [-0.3, -0.25) is 14.8 Å². The van der Waals surface area contributed by atoms with Crippen LogP contribution in [-0.4, -0.2) is 62.1 Å². The number of aryl methyl sites for hydroxylation is 1. The summed E-state index contributed by atoms with van der Waals surface area (Å²) < 4.78 is 0. The first kappa shape index (κ1) is 15.8. The molecule has 2 unspecified atom stereocenters. The Morgan fingerprint density at radius 1 is 1.30 bits per heavy atom. The first-order valence-corrected chi connectivity index (χ1v) is 10.4. The Morgan fingerprint density at radius 3 is 2.93 bits per heavy atom. The van der Waals surface area contributed by atoms with Gasteiger partial charge >= 0.3 is 0 Å². The molecule has 1 aliphatic carbocycles. The van der Waals surface area contributed by atoms with Crippen molar-refractivity contribution >= 4 is 28.1 Å². The van der Waals surface area contributed by atoms with Gasteiger partial charge in [0.2, 0.25) is 0 Å². The molecule has 7 heteroatoms. The van der Waals surface area contributed by atoms with Gasteiger partial charge in [0, 0.05) is 47.2 Å². The molecule has 1 amide bonds. The van der Waals surface area contributed by atoms with Crippen LogP contribution in [0.2, 0.25) is 0 Å². The predicted octanol–water partition coefficient (Wildman–Crippen LogP) is 3.06. The molecule has 3 aliphatic rings. The zero-order valence-electron chi connectivity index (χ0n) is 15.2. The Bertz CT molecular complexity index is 1070. The zero-order chi connectivity index (χ0) is 18.2. The van der Waals surface area contributed by atoms with Gasteiger partial charge in [-0.05, 0) is 38.3 Å². The van der Waals surface area contributed by atoms with Gasteiger partial charge in [-0.1, -0.05) is 6.07 Å². The summed E-state index contributed by atoms with van der Waals surface area (Å²) in [5, 5.41) is 9.38. The van der Waals surface area contributed by atoms with Crippen LogP contribution in [0, 0.1) is 6.92 Å². The van der Waals surface area contributed by atoms with E-state index in [-0.39, 0.29) is 11.4 Å². The summed E-state index contributed by atoms with van der Waals surface area (Å²) in [5.74, 6) is 0.0784. The average molecular weight is 379 g/mol. The van der Waals surface area contributed by atoms with Crippen LogP contribution in [0.4, 0.5) is 0 Å². The molecule has 4 heterocycles. The summed E-state index contributed by atoms with van der Waals surface area (Å²) in [5.41, 5.74) is 2.80. The number of fused-ring (bicyclic) bond motifs is 1. The molecule has 138 valence electrons. The van der Waals surface area contributed by atoms with E-state index in [2.05, 4.69) is 31.9 Å². The highest BCUT2D eigenvalue weighted by Gasteiger charge is 2.61. The molecule has 27 heavy (non-hydrogen) atoms. The first-order valence-electron chi connectivity index (χ1n) is 9.63. The number of piperazine rings is 1. The van der Waals surface area contributed by atoms with Crippen molar-refractivity contribution in [2.75, 3.05) is 19.6 Å². The Morgan fingerprint density at radius 2 is 2.22 bits per heavy atom. The van der Waals surface area contributed by atoms with Crippen molar-refractivity contribution in [3.05, 3.63) is 35.0 Å². The molecule has 3 fully saturated rings. The van der Waals surface area contributed by atoms with Crippen molar-refractivity contribution < 1.29 is 4.79 Å². The van der Waals surface area contributed by atoms with E-state index in [4.69, 9.17) is 0 Å². The second kappa shape index (κ2) is 5.39. The van der Waals surface area contributed by atoms with Crippen LogP contribution in [0.1, 0.15) is 34.6 Å². The number of amides is 1. The summed E-state index contributed by atoms with van der Waals surface area (Å²) in [6.07, 6.45) is 5.48. The number of hydrogen-bond donors (Lipinski definition) is 1. The van der Waals surface area contributed by atoms with Crippen LogP contribution in [0.25, 0.3) is 21.5 Å². The minimum absolute atomic E-state index is 0.0784. The lowest BCUT2D eigenvalue weighted by molar-refractivity contribution is -0.161. The van der Waals surface area contributed by atoms with Gasteiger partial charge in [-0.2, -0.15) is 5.10 Å². The molecule has 2 aliphatic heterocycles. The van der Waals surface area contributed by atoms with Crippen molar-refractivity contribution in [1.82, 2.24) is 25.0 Å². The van der Waals surface area contributed by atoms with Gasteiger partial charge in [0.25, 0.3) is 5.91 Å². The molecule has 6 nitrogen and oxygen atoms in total. The van der Waals surface area contributed by atoms with Gasteiger partial charge in [0.15, 0.2) is 5.69 Å². The standard InChI is InChI=1S/C20H21N5OS/c1-12-11-21-18(27-12)13-2-3-14-15(10-13)22-23-17(14)19(26)25-9-8-24-7-6-20(24)5-4-16(20)25/h2-3,10-11,16H,4-9H2,1H3,(H,22,23). The maximum atomic E-state index is 13.3. The second-order valence-electron chi connectivity index (χ2n) is 8.00. The van der Waals surface area contributed by atoms with E-state index < -0.39 is 0 Å². The lowest BCUT2D eigenvalue weighted by Gasteiger charge is -2.68. The monoisotopic (exact) mass is 379 g/mol. The molecular weight excluding hydrogens is 358 g/mol. The molecule has 1 N–H and O–H groups in total. The van der Waals surface area contributed by atoms with Gasteiger partial charge in [0.1, 0.15) is 5.01 Å². The van der Waals surface area contributed by atoms with Crippen LogP contribution >= 0.6 is 11.3 Å². The summed E-state index contributed by atoms with van der Waals surface area (Å²) in [4.78, 5) is 23.6. The van der Waals surface area contributed by atoms with Gasteiger partial charge in [-0.25, -0.2) is 4.98 Å². The normalized spacial score (nSPS) is 27.0. The minimum Gasteiger partial charge on any atom is -0.331 e. The summed E-state index contributed by atoms with van der Waals surface area (Å²) in [6.45, 7) is 5.07. The molecule has 1 aromatic carbocycles. The van der Waals surface area contributed by atoms with Crippen molar-refractivity contribution in [2.24, 2.45) is 0 Å². The Labute approximate surface area is 161 Å². The van der Waals surface area contributed by atoms with E-state index in [9.17, 15) is 4.79 Å². The number of carbonyl (C=O) groups excluding carboxylic acids is 1. The van der Waals surface area contributed by atoms with Crippen molar-refractivity contribution in [2.45, 2.75) is 37.8 Å². The van der Waals surface area contributed by atoms with E-state index in [0.29, 0.717) is 11.7 Å². The number of aromatic nitrogens is 3. The lowest BCUT2D eigenvalue weighted by Crippen LogP contribution is -2.79. The lowest BCUT2D eigenvalue weighted by atomic mass is 9.61. The van der Waals surface area contributed by atoms with Crippen molar-refractivity contribution in [3.63, 3.8) is 0 Å². The first-order chi connectivity index (χ1) is 13.2. The van der Waals surface area contributed by atoms with Crippen LogP contribution in [-0.2, 0) is 0 Å². The van der Waals surface area contributed by atoms with E-state index in [1.54, 1.807) is 11.3 Å². The Balaban J connectivity index is 1.34. The Kier molecular flexibility index (Phi) is 3.15. The largest absolute Gasteiger partial charge is 0.331 e.